The third-order valence-corrected chi connectivity index (χ3v) is 2.21. The first-order chi connectivity index (χ1) is 7.61. The van der Waals surface area contributed by atoms with Crippen LogP contribution < -0.4 is 11.1 Å². The molecule has 0 aliphatic heterocycles. The van der Waals surface area contributed by atoms with E-state index in [0.717, 1.165) is 12.8 Å². The lowest BCUT2D eigenvalue weighted by Crippen LogP contribution is -2.27. The minimum absolute atomic E-state index is 0.109. The summed E-state index contributed by atoms with van der Waals surface area (Å²) in [7, 11) is 0. The predicted octanol–water partition coefficient (Wildman–Crippen LogP) is 1.59. The molecule has 0 radical (unpaired) electrons. The number of nitrogens with one attached hydrogen (secondary N) is 1. The van der Waals surface area contributed by atoms with E-state index < -0.39 is 0 Å². The molecule has 88 valence electrons. The van der Waals surface area contributed by atoms with E-state index in [-0.39, 0.29) is 18.4 Å². The lowest BCUT2D eigenvalue weighted by atomic mass is 10.1. The molecule has 1 rings (SSSR count). The maximum absolute atomic E-state index is 11.5. The summed E-state index contributed by atoms with van der Waals surface area (Å²) < 4.78 is 0. The van der Waals surface area contributed by atoms with E-state index >= 15 is 0 Å². The summed E-state index contributed by atoms with van der Waals surface area (Å²) in [5, 5.41) is 2.91. The number of nitrogens with zero attached hydrogens (tertiary/aromatic N) is 2. The monoisotopic (exact) mass is 242 g/mol. The van der Waals surface area contributed by atoms with Crippen molar-refractivity contribution in [1.29, 1.82) is 0 Å². The number of amides is 1. The third-order valence-electron chi connectivity index (χ3n) is 2.01. The molecule has 1 aromatic heterocycles. The number of anilines is 1. The van der Waals surface area contributed by atoms with Crippen molar-refractivity contribution in [2.24, 2.45) is 5.73 Å². The maximum Gasteiger partial charge on any atom is 0.227 e. The molecule has 0 bridgehead atoms. The highest BCUT2D eigenvalue weighted by Gasteiger charge is 2.09. The Morgan fingerprint density at radius 3 is 3.00 bits per heavy atom. The Bertz CT molecular complexity index is 358. The van der Waals surface area contributed by atoms with Crippen LogP contribution in [0, 0.1) is 0 Å². The average molecular weight is 243 g/mol. The molecule has 0 saturated heterocycles. The van der Waals surface area contributed by atoms with Crippen LogP contribution in [0.2, 0.25) is 5.15 Å². The molecule has 16 heavy (non-hydrogen) atoms. The second-order valence-corrected chi connectivity index (χ2v) is 3.91. The molecule has 5 nitrogen and oxygen atoms in total. The van der Waals surface area contributed by atoms with Crippen LogP contribution in [0.5, 0.6) is 0 Å². The summed E-state index contributed by atoms with van der Waals surface area (Å²) in [5.41, 5.74) is 5.75. The van der Waals surface area contributed by atoms with Crippen molar-refractivity contribution in [2.45, 2.75) is 32.2 Å². The van der Waals surface area contributed by atoms with Gasteiger partial charge in [-0.3, -0.25) is 4.79 Å². The summed E-state index contributed by atoms with van der Waals surface area (Å²) in [4.78, 5) is 19.1. The van der Waals surface area contributed by atoms with E-state index in [9.17, 15) is 4.79 Å². The zero-order chi connectivity index (χ0) is 12.0. The largest absolute Gasteiger partial charge is 0.327 e. The third kappa shape index (κ3) is 4.55. The molecule has 6 heteroatoms. The second-order valence-electron chi connectivity index (χ2n) is 3.53. The molecule has 1 aromatic rings. The van der Waals surface area contributed by atoms with Gasteiger partial charge >= 0.3 is 0 Å². The van der Waals surface area contributed by atoms with E-state index in [4.69, 9.17) is 17.3 Å². The van der Waals surface area contributed by atoms with Gasteiger partial charge in [-0.25, -0.2) is 9.97 Å². The quantitative estimate of drug-likeness (QED) is 0.769. The molecule has 0 aliphatic carbocycles. The molecule has 1 heterocycles. The van der Waals surface area contributed by atoms with Gasteiger partial charge in [0.05, 0.1) is 0 Å². The van der Waals surface area contributed by atoms with Gasteiger partial charge < -0.3 is 11.1 Å². The van der Waals surface area contributed by atoms with E-state index in [1.165, 1.54) is 12.4 Å². The topological polar surface area (TPSA) is 80.9 Å². The van der Waals surface area contributed by atoms with Gasteiger partial charge in [0.15, 0.2) is 0 Å². The number of halogens is 1. The van der Waals surface area contributed by atoms with Crippen molar-refractivity contribution in [3.8, 4) is 0 Å². The van der Waals surface area contributed by atoms with Gasteiger partial charge in [0.2, 0.25) is 5.91 Å². The summed E-state index contributed by atoms with van der Waals surface area (Å²) >= 11 is 5.66. The summed E-state index contributed by atoms with van der Waals surface area (Å²) in [5.74, 6) is 0.240. The van der Waals surface area contributed by atoms with Gasteiger partial charge in [-0.2, -0.15) is 0 Å². The Hall–Kier alpha value is -1.20. The Kier molecular flexibility index (Phi) is 5.14. The smallest absolute Gasteiger partial charge is 0.227 e. The fourth-order valence-corrected chi connectivity index (χ4v) is 1.45. The normalized spacial score (nSPS) is 12.2. The predicted molar refractivity (Wildman–Crippen MR) is 63.2 cm³/mol. The lowest BCUT2D eigenvalue weighted by Gasteiger charge is -2.09. The molecule has 0 aromatic carbocycles. The van der Waals surface area contributed by atoms with E-state index in [1.54, 1.807) is 0 Å². The van der Waals surface area contributed by atoms with Crippen molar-refractivity contribution in [2.75, 3.05) is 5.32 Å². The molecule has 3 N–H and O–H groups in total. The summed E-state index contributed by atoms with van der Waals surface area (Å²) in [6.45, 7) is 2.03. The SMILES string of the molecule is CCCC(N)CC(=O)Nc1cc(Cl)ncn1. The molecule has 0 fully saturated rings. The van der Waals surface area contributed by atoms with E-state index in [1.807, 2.05) is 6.92 Å². The standard InChI is InChI=1S/C10H15ClN4O/c1-2-3-7(12)4-10(16)15-9-5-8(11)13-6-14-9/h5-7H,2-4,12H2,1H3,(H,13,14,15,16). The number of carbonyl (C=O) groups excluding carboxylic acids is 1. The van der Waals surface area contributed by atoms with Crippen LogP contribution in [0.25, 0.3) is 0 Å². The summed E-state index contributed by atoms with van der Waals surface area (Å²) in [6, 6.07) is 1.38. The molecular weight excluding hydrogens is 228 g/mol. The van der Waals surface area contributed by atoms with Gasteiger partial charge in [-0.05, 0) is 6.42 Å². The molecule has 1 amide bonds. The molecule has 0 aliphatic rings. The first-order valence-corrected chi connectivity index (χ1v) is 5.52. The van der Waals surface area contributed by atoms with Crippen LogP contribution in [-0.4, -0.2) is 21.9 Å². The summed E-state index contributed by atoms with van der Waals surface area (Å²) in [6.07, 6.45) is 3.38. The van der Waals surface area contributed by atoms with Crippen molar-refractivity contribution in [3.63, 3.8) is 0 Å². The number of hydrogen-bond donors (Lipinski definition) is 2. The fraction of sp³-hybridized carbons (Fsp3) is 0.500. The van der Waals surface area contributed by atoms with E-state index in [2.05, 4.69) is 15.3 Å². The van der Waals surface area contributed by atoms with Crippen LogP contribution in [0.4, 0.5) is 5.82 Å². The number of rotatable bonds is 5. The Morgan fingerprint density at radius 2 is 2.38 bits per heavy atom. The molecule has 1 unspecified atom stereocenters. The number of aromatic nitrogens is 2. The van der Waals surface area contributed by atoms with Gasteiger partial charge in [0.1, 0.15) is 17.3 Å². The van der Waals surface area contributed by atoms with Gasteiger partial charge in [-0.15, -0.1) is 0 Å². The van der Waals surface area contributed by atoms with Crippen LogP contribution in [-0.2, 0) is 4.79 Å². The first kappa shape index (κ1) is 12.9. The van der Waals surface area contributed by atoms with Crippen molar-refractivity contribution in [3.05, 3.63) is 17.5 Å². The van der Waals surface area contributed by atoms with Crippen LogP contribution in [0.15, 0.2) is 12.4 Å². The van der Waals surface area contributed by atoms with Crippen LogP contribution >= 0.6 is 11.6 Å². The zero-order valence-electron chi connectivity index (χ0n) is 9.11. The number of carbonyl (C=O) groups is 1. The first-order valence-electron chi connectivity index (χ1n) is 5.14. The highest BCUT2D eigenvalue weighted by atomic mass is 35.5. The van der Waals surface area contributed by atoms with Gasteiger partial charge in [-0.1, -0.05) is 24.9 Å². The number of hydrogen-bond acceptors (Lipinski definition) is 4. The molecular formula is C10H15ClN4O. The highest BCUT2D eigenvalue weighted by molar-refractivity contribution is 6.29. The van der Waals surface area contributed by atoms with Gasteiger partial charge in [0.25, 0.3) is 0 Å². The van der Waals surface area contributed by atoms with Crippen molar-refractivity contribution in [1.82, 2.24) is 9.97 Å². The van der Waals surface area contributed by atoms with Crippen molar-refractivity contribution < 1.29 is 4.79 Å². The molecule has 0 spiro atoms. The highest BCUT2D eigenvalue weighted by Crippen LogP contribution is 2.09. The average Bonchev–Trinajstić information content (AvgIpc) is 2.17. The van der Waals surface area contributed by atoms with E-state index in [0.29, 0.717) is 11.0 Å². The molecule has 1 atom stereocenters. The zero-order valence-corrected chi connectivity index (χ0v) is 9.87. The van der Waals surface area contributed by atoms with Crippen molar-refractivity contribution >= 4 is 23.3 Å². The molecule has 0 saturated carbocycles. The lowest BCUT2D eigenvalue weighted by molar-refractivity contribution is -0.116. The Labute approximate surface area is 99.4 Å². The van der Waals surface area contributed by atoms with Crippen LogP contribution in [0.1, 0.15) is 26.2 Å². The maximum atomic E-state index is 11.5. The Morgan fingerprint density at radius 1 is 1.62 bits per heavy atom. The Balaban J connectivity index is 2.45. The minimum atomic E-state index is -0.157. The fourth-order valence-electron chi connectivity index (χ4n) is 1.31. The number of nitrogens with two attached hydrogens (primary N) is 1. The van der Waals surface area contributed by atoms with Crippen LogP contribution in [0.3, 0.4) is 0 Å². The van der Waals surface area contributed by atoms with Gasteiger partial charge in [0, 0.05) is 18.5 Å². The minimum Gasteiger partial charge on any atom is -0.327 e. The second kappa shape index (κ2) is 6.40.